The van der Waals surface area contributed by atoms with Crippen LogP contribution in [-0.4, -0.2) is 11.8 Å². The number of hydrogen-bond acceptors (Lipinski definition) is 2. The van der Waals surface area contributed by atoms with Crippen LogP contribution in [0.3, 0.4) is 0 Å². The highest BCUT2D eigenvalue weighted by Gasteiger charge is 2.36. The van der Waals surface area contributed by atoms with E-state index in [0.29, 0.717) is 11.4 Å². The molecule has 2 aromatic carbocycles. The number of nitrogens with one attached hydrogen (secondary N) is 2. The molecular weight excluding hydrogens is 324 g/mol. The molecule has 138 valence electrons. The van der Waals surface area contributed by atoms with E-state index in [1.165, 1.54) is 5.56 Å². The van der Waals surface area contributed by atoms with Crippen LogP contribution in [-0.2, 0) is 15.0 Å². The van der Waals surface area contributed by atoms with Gasteiger partial charge >= 0.3 is 0 Å². The van der Waals surface area contributed by atoms with Crippen molar-refractivity contribution in [2.24, 2.45) is 5.41 Å². The van der Waals surface area contributed by atoms with E-state index in [2.05, 4.69) is 31.4 Å². The Morgan fingerprint density at radius 1 is 0.692 bits per heavy atom. The van der Waals surface area contributed by atoms with Gasteiger partial charge in [0.25, 0.3) is 0 Å². The van der Waals surface area contributed by atoms with Gasteiger partial charge in [0, 0.05) is 11.4 Å². The Bertz CT molecular complexity index is 782. The van der Waals surface area contributed by atoms with Crippen LogP contribution in [0.15, 0.2) is 48.5 Å². The maximum atomic E-state index is 12.6. The van der Waals surface area contributed by atoms with Crippen LogP contribution in [0.5, 0.6) is 0 Å². The minimum absolute atomic E-state index is 0.0513. The summed E-state index contributed by atoms with van der Waals surface area (Å²) in [6.45, 7) is 11.6. The summed E-state index contributed by atoms with van der Waals surface area (Å²) in [6, 6.07) is 15.2. The van der Waals surface area contributed by atoms with E-state index in [9.17, 15) is 9.59 Å². The van der Waals surface area contributed by atoms with E-state index in [4.69, 9.17) is 0 Å². The molecule has 0 saturated heterocycles. The molecule has 2 amide bonds. The van der Waals surface area contributed by atoms with Crippen LogP contribution in [0, 0.1) is 12.3 Å². The molecule has 0 atom stereocenters. The van der Waals surface area contributed by atoms with Crippen LogP contribution in [0.4, 0.5) is 11.4 Å². The van der Waals surface area contributed by atoms with E-state index < -0.39 is 5.41 Å². The highest BCUT2D eigenvalue weighted by atomic mass is 16.2. The smallest absolute Gasteiger partial charge is 0.239 e. The van der Waals surface area contributed by atoms with Gasteiger partial charge in [-0.15, -0.1) is 0 Å². The zero-order valence-electron chi connectivity index (χ0n) is 16.4. The lowest BCUT2D eigenvalue weighted by molar-refractivity contribution is -0.135. The van der Waals surface area contributed by atoms with Gasteiger partial charge in [0.2, 0.25) is 11.8 Å². The molecule has 4 heteroatoms. The number of benzene rings is 2. The van der Waals surface area contributed by atoms with Crippen molar-refractivity contribution in [1.82, 2.24) is 0 Å². The fourth-order valence-corrected chi connectivity index (χ4v) is 2.37. The largest absolute Gasteiger partial charge is 0.325 e. The van der Waals surface area contributed by atoms with E-state index in [-0.39, 0.29) is 17.2 Å². The normalized spacial score (nSPS) is 11.8. The molecule has 0 radical (unpaired) electrons. The van der Waals surface area contributed by atoms with Crippen molar-refractivity contribution >= 4 is 23.2 Å². The van der Waals surface area contributed by atoms with Crippen molar-refractivity contribution in [2.75, 3.05) is 10.6 Å². The molecule has 0 aliphatic rings. The molecule has 0 spiro atoms. The first-order chi connectivity index (χ1) is 12.0. The Labute approximate surface area is 156 Å². The van der Waals surface area contributed by atoms with Crippen molar-refractivity contribution in [3.8, 4) is 0 Å². The molecule has 0 fully saturated rings. The second kappa shape index (κ2) is 7.32. The maximum absolute atomic E-state index is 12.6. The second-order valence-electron chi connectivity index (χ2n) is 8.23. The number of anilines is 2. The SMILES string of the molecule is Cc1ccc(NC(=O)C(C)(C)C(=O)Nc2ccc(C(C)(C)C)cc2)cc1. The highest BCUT2D eigenvalue weighted by Crippen LogP contribution is 2.25. The van der Waals surface area contributed by atoms with Gasteiger partial charge in [0.1, 0.15) is 5.41 Å². The van der Waals surface area contributed by atoms with E-state index in [0.717, 1.165) is 5.56 Å². The number of aryl methyl sites for hydroxylation is 1. The number of carbonyl (C=O) groups excluding carboxylic acids is 2. The summed E-state index contributed by atoms with van der Waals surface area (Å²) in [5.41, 5.74) is 2.50. The van der Waals surface area contributed by atoms with Crippen molar-refractivity contribution in [3.05, 3.63) is 59.7 Å². The molecule has 2 rings (SSSR count). The first-order valence-electron chi connectivity index (χ1n) is 8.80. The third-order valence-corrected chi connectivity index (χ3v) is 4.45. The van der Waals surface area contributed by atoms with Gasteiger partial charge < -0.3 is 10.6 Å². The zero-order chi connectivity index (χ0) is 19.5. The Hall–Kier alpha value is -2.62. The summed E-state index contributed by atoms with van der Waals surface area (Å²) in [5, 5.41) is 5.64. The van der Waals surface area contributed by atoms with Gasteiger partial charge in [-0.1, -0.05) is 50.6 Å². The molecule has 2 aromatic rings. The summed E-state index contributed by atoms with van der Waals surface area (Å²) in [5.74, 6) is -0.684. The molecule has 0 saturated carbocycles. The van der Waals surface area contributed by atoms with Crippen LogP contribution >= 0.6 is 0 Å². The Kier molecular flexibility index (Phi) is 5.55. The first kappa shape index (κ1) is 19.7. The number of hydrogen-bond donors (Lipinski definition) is 2. The molecule has 0 unspecified atom stereocenters. The monoisotopic (exact) mass is 352 g/mol. The molecule has 0 heterocycles. The topological polar surface area (TPSA) is 58.2 Å². The number of rotatable bonds is 4. The van der Waals surface area contributed by atoms with Gasteiger partial charge in [-0.25, -0.2) is 0 Å². The lowest BCUT2D eigenvalue weighted by atomic mass is 9.87. The maximum Gasteiger partial charge on any atom is 0.239 e. The molecule has 26 heavy (non-hydrogen) atoms. The minimum Gasteiger partial charge on any atom is -0.325 e. The summed E-state index contributed by atoms with van der Waals surface area (Å²) < 4.78 is 0. The lowest BCUT2D eigenvalue weighted by Crippen LogP contribution is -2.41. The Balaban J connectivity index is 2.06. The second-order valence-corrected chi connectivity index (χ2v) is 8.23. The molecule has 0 bridgehead atoms. The minimum atomic E-state index is -1.20. The third kappa shape index (κ3) is 4.72. The van der Waals surface area contributed by atoms with Gasteiger partial charge in [-0.2, -0.15) is 0 Å². The van der Waals surface area contributed by atoms with Crippen LogP contribution < -0.4 is 10.6 Å². The summed E-state index contributed by atoms with van der Waals surface area (Å²) in [6.07, 6.45) is 0. The fourth-order valence-electron chi connectivity index (χ4n) is 2.37. The average molecular weight is 352 g/mol. The zero-order valence-corrected chi connectivity index (χ0v) is 16.4. The van der Waals surface area contributed by atoms with Gasteiger partial charge in [0.15, 0.2) is 0 Å². The number of carbonyl (C=O) groups is 2. The quantitative estimate of drug-likeness (QED) is 0.769. The molecule has 0 aliphatic heterocycles. The highest BCUT2D eigenvalue weighted by molar-refractivity contribution is 6.13. The molecule has 0 aromatic heterocycles. The fraction of sp³-hybridized carbons (Fsp3) is 0.364. The lowest BCUT2D eigenvalue weighted by Gasteiger charge is -2.23. The van der Waals surface area contributed by atoms with Crippen molar-refractivity contribution in [3.63, 3.8) is 0 Å². The molecule has 4 nitrogen and oxygen atoms in total. The summed E-state index contributed by atoms with van der Waals surface area (Å²) in [7, 11) is 0. The average Bonchev–Trinajstić information content (AvgIpc) is 2.56. The van der Waals surface area contributed by atoms with E-state index in [1.807, 2.05) is 55.5 Å². The number of amides is 2. The predicted octanol–water partition coefficient (Wildman–Crippen LogP) is 4.90. The summed E-state index contributed by atoms with van der Waals surface area (Å²) in [4.78, 5) is 25.2. The van der Waals surface area contributed by atoms with Crippen LogP contribution in [0.1, 0.15) is 45.7 Å². The Morgan fingerprint density at radius 2 is 1.08 bits per heavy atom. The van der Waals surface area contributed by atoms with Gasteiger partial charge in [-0.3, -0.25) is 9.59 Å². The van der Waals surface area contributed by atoms with Crippen LogP contribution in [0.25, 0.3) is 0 Å². The molecule has 0 aliphatic carbocycles. The molecule has 2 N–H and O–H groups in total. The van der Waals surface area contributed by atoms with Gasteiger partial charge in [0.05, 0.1) is 0 Å². The first-order valence-corrected chi connectivity index (χ1v) is 8.80. The van der Waals surface area contributed by atoms with Crippen molar-refractivity contribution < 1.29 is 9.59 Å². The van der Waals surface area contributed by atoms with Crippen molar-refractivity contribution in [1.29, 1.82) is 0 Å². The third-order valence-electron chi connectivity index (χ3n) is 4.45. The van der Waals surface area contributed by atoms with E-state index in [1.54, 1.807) is 13.8 Å². The van der Waals surface area contributed by atoms with Crippen molar-refractivity contribution in [2.45, 2.75) is 47.0 Å². The molecular formula is C22H28N2O2. The van der Waals surface area contributed by atoms with Crippen LogP contribution in [0.2, 0.25) is 0 Å². The summed E-state index contributed by atoms with van der Waals surface area (Å²) >= 11 is 0. The standard InChI is InChI=1S/C22H28N2O2/c1-15-7-11-17(12-8-15)23-19(25)22(5,6)20(26)24-18-13-9-16(10-14-18)21(2,3)4/h7-14H,1-6H3,(H,23,25)(H,24,26). The Morgan fingerprint density at radius 3 is 1.46 bits per heavy atom. The van der Waals surface area contributed by atoms with Gasteiger partial charge in [-0.05, 0) is 56.0 Å². The predicted molar refractivity (Wildman–Crippen MR) is 107 cm³/mol. The van der Waals surface area contributed by atoms with E-state index >= 15 is 0 Å².